The number of carbonyl (C=O) groups is 6. The molecule has 4 heterocycles. The Kier molecular flexibility index (Phi) is 18.4. The molecule has 0 radical (unpaired) electrons. The van der Waals surface area contributed by atoms with E-state index < -0.39 is 130 Å². The molecule has 2 N–H and O–H groups in total. The minimum atomic E-state index is -5.11. The van der Waals surface area contributed by atoms with Gasteiger partial charge >= 0.3 is 57.6 Å². The number of nitrogens with zero attached hydrogens (tertiary/aromatic N) is 2. The summed E-state index contributed by atoms with van der Waals surface area (Å²) in [7, 11) is 0. The average Bonchev–Trinajstić information content (AvgIpc) is 3.57. The van der Waals surface area contributed by atoms with Crippen molar-refractivity contribution in [3.63, 3.8) is 0 Å². The highest BCUT2D eigenvalue weighted by atomic mass is 127. The highest BCUT2D eigenvalue weighted by Gasteiger charge is 2.52. The van der Waals surface area contributed by atoms with Crippen molar-refractivity contribution >= 4 is 58.4 Å². The fourth-order valence-corrected chi connectivity index (χ4v) is 5.34. The molecule has 0 spiro atoms. The fraction of sp³-hybridized carbons (Fsp3) is 0.562. The van der Waals surface area contributed by atoms with Gasteiger partial charge in [-0.15, -0.1) is 0 Å². The van der Waals surface area contributed by atoms with Gasteiger partial charge in [-0.25, -0.2) is 9.59 Å². The molecule has 0 saturated carbocycles. The van der Waals surface area contributed by atoms with Gasteiger partial charge in [0.25, 0.3) is 11.1 Å². The summed E-state index contributed by atoms with van der Waals surface area (Å²) in [5.41, 5.74) is -6.13. The van der Waals surface area contributed by atoms with Crippen LogP contribution < -0.4 is 22.5 Å². The van der Waals surface area contributed by atoms with E-state index in [1.807, 2.05) is 4.98 Å². The third kappa shape index (κ3) is 16.4. The zero-order valence-electron chi connectivity index (χ0n) is 32.2. The van der Waals surface area contributed by atoms with E-state index in [-0.39, 0.29) is 12.8 Å². The zero-order chi connectivity index (χ0) is 46.7. The lowest BCUT2D eigenvalue weighted by molar-refractivity contribution is -0.166. The summed E-state index contributed by atoms with van der Waals surface area (Å²) in [4.78, 5) is 119. The van der Waals surface area contributed by atoms with Crippen LogP contribution in [0, 0.1) is 0 Å². The molecule has 61 heavy (non-hydrogen) atoms. The molecule has 2 aromatic heterocycles. The molecule has 0 bridgehead atoms. The summed E-state index contributed by atoms with van der Waals surface area (Å²) >= 11 is 0.378. The number of rotatable bonds is 10. The van der Waals surface area contributed by atoms with E-state index in [9.17, 15) is 74.3 Å². The first-order chi connectivity index (χ1) is 28.0. The van der Waals surface area contributed by atoms with Gasteiger partial charge in [0, 0.05) is 82.6 Å². The maximum Gasteiger partial charge on any atom is 0.441 e. The van der Waals surface area contributed by atoms with Crippen LogP contribution in [0.2, 0.25) is 0 Å². The van der Waals surface area contributed by atoms with Crippen molar-refractivity contribution < 1.29 is 93.0 Å². The van der Waals surface area contributed by atoms with Crippen LogP contribution in [-0.4, -0.2) is 109 Å². The van der Waals surface area contributed by atoms with Crippen molar-refractivity contribution in [1.82, 2.24) is 19.1 Å². The van der Waals surface area contributed by atoms with E-state index in [1.54, 1.807) is 0 Å². The van der Waals surface area contributed by atoms with Crippen LogP contribution in [0.4, 0.5) is 26.3 Å². The van der Waals surface area contributed by atoms with Crippen molar-refractivity contribution in [3.8, 4) is 0 Å². The molecule has 2 saturated heterocycles. The third-order valence-corrected chi connectivity index (χ3v) is 7.35. The summed E-state index contributed by atoms with van der Waals surface area (Å²) in [6.45, 7) is 5.70. The Morgan fingerprint density at radius 2 is 0.984 bits per heavy atom. The lowest BCUT2D eigenvalue weighted by Gasteiger charge is -2.24. The zero-order valence-corrected chi connectivity index (χ0v) is 34.3. The number of H-pyrrole nitrogens is 2. The van der Waals surface area contributed by atoms with Crippen LogP contribution in [0.25, 0.3) is 0 Å². The Bertz CT molecular complexity index is 2160. The van der Waals surface area contributed by atoms with E-state index in [0.717, 1.165) is 51.4 Å². The second-order valence-corrected chi connectivity index (χ2v) is 13.4. The summed E-state index contributed by atoms with van der Waals surface area (Å²) in [6.07, 6.45) is -14.3. The molecule has 0 aliphatic carbocycles. The van der Waals surface area contributed by atoms with Crippen molar-refractivity contribution in [1.29, 1.82) is 0 Å². The molecule has 2 aromatic rings. The van der Waals surface area contributed by atoms with Crippen LogP contribution in [0.5, 0.6) is 0 Å². The van der Waals surface area contributed by atoms with E-state index in [4.69, 9.17) is 37.9 Å². The molecular weight excluding hydrogens is 969 g/mol. The fourth-order valence-electron chi connectivity index (χ4n) is 5.34. The second kappa shape index (κ2) is 21.8. The monoisotopic (exact) mass is 1000 g/mol. The van der Waals surface area contributed by atoms with Gasteiger partial charge < -0.3 is 37.9 Å². The predicted molar refractivity (Wildman–Crippen MR) is 191 cm³/mol. The number of carbonyl (C=O) groups excluding carboxylic acids is 6. The first kappa shape index (κ1) is 51.6. The first-order valence-electron chi connectivity index (χ1n) is 16.8. The lowest BCUT2D eigenvalue weighted by atomic mass is 10.1. The lowest BCUT2D eigenvalue weighted by Crippen LogP contribution is -2.43. The molecule has 29 heteroatoms. The number of nitrogens with one attached hydrogen (secondary N) is 2. The Balaban J connectivity index is 0.000000381. The summed E-state index contributed by atoms with van der Waals surface area (Å²) in [6, 6.07) is 1.08. The van der Waals surface area contributed by atoms with Crippen LogP contribution in [0.3, 0.4) is 0 Å². The minimum absolute atomic E-state index is 0.196. The summed E-state index contributed by atoms with van der Waals surface area (Å²) in [5, 5.41) is 0. The first-order valence-corrected chi connectivity index (χ1v) is 17.8. The van der Waals surface area contributed by atoms with Gasteiger partial charge in [-0.3, -0.25) is 57.5 Å². The highest BCUT2D eigenvalue weighted by molar-refractivity contribution is 14.1. The Hall–Kier alpha value is -5.59. The van der Waals surface area contributed by atoms with Gasteiger partial charge in [-0.05, 0) is 0 Å². The summed E-state index contributed by atoms with van der Waals surface area (Å²) in [5.74, 6) is -4.51. The predicted octanol–water partition coefficient (Wildman–Crippen LogP) is 0.681. The Morgan fingerprint density at radius 3 is 1.33 bits per heavy atom. The van der Waals surface area contributed by atoms with E-state index in [1.165, 1.54) is 11.9 Å². The van der Waals surface area contributed by atoms with Crippen molar-refractivity contribution in [2.45, 2.75) is 101 Å². The van der Waals surface area contributed by atoms with Crippen LogP contribution >= 0.6 is 22.6 Å². The standard InChI is InChI=1S/C16H17F3N2O9.C15H18N2O9.CF3I/c1-6(22)27-5-10-11(28-7(2)23)12(29-8(3)24)14(30-10)21-4-9(16(17,18)19)13(25)20-15(21)26;1-7(18)23-6-10-12(24-8(2)19)13(25-9(3)20)14(26-10)17-5-4-11(21)16-15(17)22;2-1(3,4)5/h4,10-12,14H,5H2,1-3H3,(H,20,25,26);4-5,10,12-14H,6H2,1-3H3,(H,16,21,22);/t10-,11+,12?,14-;10-,12+,13?,14-;/m11./s1. The maximum absolute atomic E-state index is 13.1. The number of aromatic nitrogens is 4. The molecule has 8 atom stereocenters. The van der Waals surface area contributed by atoms with Crippen molar-refractivity contribution in [3.05, 3.63) is 65.7 Å². The van der Waals surface area contributed by atoms with E-state index in [0.29, 0.717) is 27.2 Å². The largest absolute Gasteiger partial charge is 0.463 e. The van der Waals surface area contributed by atoms with Gasteiger partial charge in [0.2, 0.25) is 0 Å². The normalized spacial score (nSPS) is 23.2. The van der Waals surface area contributed by atoms with E-state index in [2.05, 4.69) is 0 Å². The molecule has 2 aliphatic heterocycles. The van der Waals surface area contributed by atoms with Crippen LogP contribution in [0.1, 0.15) is 59.6 Å². The number of esters is 6. The van der Waals surface area contributed by atoms with Gasteiger partial charge in [-0.1, -0.05) is 0 Å². The second-order valence-electron chi connectivity index (χ2n) is 12.2. The smallest absolute Gasteiger partial charge is 0.441 e. The number of aromatic amines is 2. The number of ether oxygens (including phenoxy) is 8. The van der Waals surface area contributed by atoms with Gasteiger partial charge in [0.1, 0.15) is 31.0 Å². The van der Waals surface area contributed by atoms with Crippen LogP contribution in [-0.2, 0) is 72.8 Å². The van der Waals surface area contributed by atoms with Crippen molar-refractivity contribution in [2.24, 2.45) is 0 Å². The molecule has 2 unspecified atom stereocenters. The molecule has 4 rings (SSSR count). The number of hydrogen-bond donors (Lipinski definition) is 2. The Labute approximate surface area is 349 Å². The molecular formula is C32H35F6IN4O18. The molecule has 22 nitrogen and oxygen atoms in total. The van der Waals surface area contributed by atoms with Gasteiger partial charge in [0.15, 0.2) is 36.9 Å². The maximum atomic E-state index is 13.1. The summed E-state index contributed by atoms with van der Waals surface area (Å²) < 4.78 is 109. The van der Waals surface area contributed by atoms with Crippen molar-refractivity contribution in [2.75, 3.05) is 13.2 Å². The average molecular weight is 1000 g/mol. The molecule has 0 amide bonds. The topological polar surface area (TPSA) is 286 Å². The number of hydrogen-bond acceptors (Lipinski definition) is 18. The highest BCUT2D eigenvalue weighted by Crippen LogP contribution is 2.35. The minimum Gasteiger partial charge on any atom is -0.463 e. The third-order valence-electron chi connectivity index (χ3n) is 7.35. The number of halogens is 7. The molecule has 2 fully saturated rings. The van der Waals surface area contributed by atoms with Crippen LogP contribution in [0.15, 0.2) is 37.6 Å². The quantitative estimate of drug-likeness (QED) is 0.109. The Morgan fingerprint density at radius 1 is 0.623 bits per heavy atom. The SMILES string of the molecule is CC(=O)OC[C@H]1O[C@@H](n2cc(C(F)(F)F)c(=O)[nH]c2=O)C(OC(C)=O)[C@H]1OC(C)=O.CC(=O)OC[C@H]1O[C@@H](n2ccc(=O)[nH]c2=O)C(OC(C)=O)[C@H]1OC(C)=O.FC(F)(F)I. The van der Waals surface area contributed by atoms with Gasteiger partial charge in [-0.2, -0.15) is 26.3 Å². The molecule has 0 aromatic carbocycles. The molecule has 340 valence electrons. The number of alkyl halides is 7. The molecule has 2 aliphatic rings. The van der Waals surface area contributed by atoms with Gasteiger partial charge in [0.05, 0.1) is 0 Å². The van der Waals surface area contributed by atoms with E-state index >= 15 is 0 Å².